The van der Waals surface area contributed by atoms with Gasteiger partial charge in [0.2, 0.25) is 0 Å². The van der Waals surface area contributed by atoms with Gasteiger partial charge in [0.25, 0.3) is 0 Å². The summed E-state index contributed by atoms with van der Waals surface area (Å²) < 4.78 is 17.7. The number of hydrogen-bond acceptors (Lipinski definition) is 4. The minimum atomic E-state index is -2.15. The van der Waals surface area contributed by atoms with E-state index in [4.69, 9.17) is 13.9 Å². The van der Waals surface area contributed by atoms with Gasteiger partial charge in [0, 0.05) is 0 Å². The third kappa shape index (κ3) is 6.96. The fourth-order valence-electron chi connectivity index (χ4n) is 1.92. The first kappa shape index (κ1) is 22.4. The van der Waals surface area contributed by atoms with Gasteiger partial charge in [-0.25, -0.2) is 4.79 Å². The van der Waals surface area contributed by atoms with Gasteiger partial charge in [-0.3, -0.25) is 0 Å². The topological polar surface area (TPSA) is 44.8 Å². The van der Waals surface area contributed by atoms with Gasteiger partial charge in [-0.15, -0.1) is 0 Å². The van der Waals surface area contributed by atoms with Crippen molar-refractivity contribution >= 4 is 20.4 Å². The smallest absolute Gasteiger partial charge is 0.338 e. The molecule has 146 valence electrons. The fraction of sp³-hybridized carbons (Fsp3) is 0.571. The van der Waals surface area contributed by atoms with Gasteiger partial charge < -0.3 is 13.9 Å². The number of ether oxygens (including phenoxy) is 2. The van der Waals surface area contributed by atoms with Crippen molar-refractivity contribution < 1.29 is 18.7 Å². The monoisotopic (exact) mass is 378 g/mol. The zero-order valence-corrected chi connectivity index (χ0v) is 18.5. The molecule has 0 bridgehead atoms. The van der Waals surface area contributed by atoms with Crippen LogP contribution in [-0.2, 0) is 14.0 Å². The molecule has 1 rings (SSSR count). The molecule has 0 amide bonds. The summed E-state index contributed by atoms with van der Waals surface area (Å²) in [5.74, 6) is 0.299. The quantitative estimate of drug-likeness (QED) is 0.468. The van der Waals surface area contributed by atoms with Crippen LogP contribution in [0.1, 0.15) is 47.1 Å². The molecule has 1 aromatic carbocycles. The highest BCUT2D eigenvalue weighted by atomic mass is 28.4. The van der Waals surface area contributed by atoms with Gasteiger partial charge in [0.1, 0.15) is 18.0 Å². The molecule has 0 aliphatic heterocycles. The predicted molar refractivity (Wildman–Crippen MR) is 110 cm³/mol. The van der Waals surface area contributed by atoms with Gasteiger partial charge in [-0.2, -0.15) is 0 Å². The average molecular weight is 379 g/mol. The lowest BCUT2D eigenvalue weighted by Crippen LogP contribution is -2.49. The van der Waals surface area contributed by atoms with Gasteiger partial charge >= 0.3 is 5.97 Å². The number of rotatable bonds is 7. The van der Waals surface area contributed by atoms with Crippen molar-refractivity contribution in [1.29, 1.82) is 0 Å². The number of carbonyl (C=O) groups is 1. The Labute approximate surface area is 159 Å². The van der Waals surface area contributed by atoms with Crippen LogP contribution in [0.3, 0.4) is 0 Å². The first-order valence-corrected chi connectivity index (χ1v) is 11.9. The zero-order chi connectivity index (χ0) is 20.2. The summed E-state index contributed by atoms with van der Waals surface area (Å²) in [7, 11) is -2.15. The van der Waals surface area contributed by atoms with Gasteiger partial charge in [0.15, 0.2) is 14.4 Å². The van der Waals surface area contributed by atoms with Crippen molar-refractivity contribution in [2.75, 3.05) is 6.61 Å². The Balaban J connectivity index is 2.92. The molecule has 26 heavy (non-hydrogen) atoms. The van der Waals surface area contributed by atoms with E-state index in [0.29, 0.717) is 5.75 Å². The van der Waals surface area contributed by atoms with E-state index in [0.717, 1.165) is 5.56 Å². The highest BCUT2D eigenvalue weighted by molar-refractivity contribution is 6.74. The predicted octanol–water partition coefficient (Wildman–Crippen LogP) is 5.44. The van der Waals surface area contributed by atoms with Crippen LogP contribution in [0.2, 0.25) is 18.1 Å². The molecule has 0 aliphatic carbocycles. The van der Waals surface area contributed by atoms with Crippen LogP contribution in [0.25, 0.3) is 6.08 Å². The summed E-state index contributed by atoms with van der Waals surface area (Å²) in [6, 6.07) is 7.55. The molecule has 1 aromatic rings. The van der Waals surface area contributed by atoms with Crippen LogP contribution in [0.15, 0.2) is 30.8 Å². The van der Waals surface area contributed by atoms with Crippen LogP contribution >= 0.6 is 0 Å². The fourth-order valence-corrected chi connectivity index (χ4v) is 3.15. The Kier molecular flexibility index (Phi) is 7.25. The maximum atomic E-state index is 12.7. The molecule has 0 fully saturated rings. The molecule has 0 N–H and O–H groups in total. The Morgan fingerprint density at radius 3 is 2.08 bits per heavy atom. The third-order valence-corrected chi connectivity index (χ3v) is 8.92. The van der Waals surface area contributed by atoms with E-state index in [-0.39, 0.29) is 17.6 Å². The van der Waals surface area contributed by atoms with Crippen LogP contribution < -0.4 is 4.74 Å². The molecule has 5 heteroatoms. The first-order chi connectivity index (χ1) is 11.7. The maximum absolute atomic E-state index is 12.7. The Bertz CT molecular complexity index is 606. The van der Waals surface area contributed by atoms with E-state index in [1.807, 2.05) is 45.0 Å². The molecular formula is C21H34O4Si. The second-order valence-electron chi connectivity index (χ2n) is 8.98. The standard InChI is InChI=1S/C21H34O4Si/c1-10-16-11-13-17(14-12-16)23-15-18(19(22)24-20(2,3)4)25-26(8,9)21(5,6)7/h10-14,18H,1,15H2,2-9H3/t18-/m1/s1. The molecule has 0 aromatic heterocycles. The number of hydrogen-bond donors (Lipinski definition) is 0. The normalized spacial score (nSPS) is 13.8. The van der Waals surface area contributed by atoms with E-state index in [2.05, 4.69) is 40.4 Å². The minimum Gasteiger partial charge on any atom is -0.490 e. The summed E-state index contributed by atoms with van der Waals surface area (Å²) in [6.07, 6.45) is 1.02. The van der Waals surface area contributed by atoms with Gasteiger partial charge in [0.05, 0.1) is 0 Å². The summed E-state index contributed by atoms with van der Waals surface area (Å²) in [6.45, 7) is 20.1. The van der Waals surface area contributed by atoms with Gasteiger partial charge in [-0.1, -0.05) is 45.6 Å². The van der Waals surface area contributed by atoms with Crippen molar-refractivity contribution in [2.45, 2.75) is 71.4 Å². The van der Waals surface area contributed by atoms with Crippen molar-refractivity contribution in [3.63, 3.8) is 0 Å². The molecule has 0 aliphatic rings. The SMILES string of the molecule is C=Cc1ccc(OC[C@@H](O[Si](C)(C)C(C)(C)C)C(=O)OC(C)(C)C)cc1. The summed E-state index contributed by atoms with van der Waals surface area (Å²) in [4.78, 5) is 12.7. The van der Waals surface area contributed by atoms with Crippen LogP contribution in [0.5, 0.6) is 5.75 Å². The van der Waals surface area contributed by atoms with Crippen LogP contribution in [0.4, 0.5) is 0 Å². The van der Waals surface area contributed by atoms with Crippen LogP contribution in [0, 0.1) is 0 Å². The first-order valence-electron chi connectivity index (χ1n) is 9.01. The van der Waals surface area contributed by atoms with Gasteiger partial charge in [-0.05, 0) is 56.6 Å². The average Bonchev–Trinajstić information content (AvgIpc) is 2.49. The molecule has 4 nitrogen and oxygen atoms in total. The second-order valence-corrected chi connectivity index (χ2v) is 13.7. The minimum absolute atomic E-state index is 0.0150. The number of carbonyl (C=O) groups excluding carboxylic acids is 1. The molecule has 0 saturated heterocycles. The molecular weight excluding hydrogens is 344 g/mol. The highest BCUT2D eigenvalue weighted by Gasteiger charge is 2.42. The maximum Gasteiger partial charge on any atom is 0.338 e. The highest BCUT2D eigenvalue weighted by Crippen LogP contribution is 2.37. The van der Waals surface area contributed by atoms with E-state index < -0.39 is 20.0 Å². The molecule has 0 radical (unpaired) electrons. The third-order valence-electron chi connectivity index (χ3n) is 4.43. The van der Waals surface area contributed by atoms with Crippen molar-refractivity contribution in [1.82, 2.24) is 0 Å². The summed E-state index contributed by atoms with van der Waals surface area (Å²) in [5.41, 5.74) is 0.441. The largest absolute Gasteiger partial charge is 0.490 e. The van der Waals surface area contributed by atoms with Crippen molar-refractivity contribution in [3.8, 4) is 5.75 Å². The number of esters is 1. The van der Waals surface area contributed by atoms with Crippen molar-refractivity contribution in [2.24, 2.45) is 0 Å². The lowest BCUT2D eigenvalue weighted by molar-refractivity contribution is -0.165. The molecule has 1 atom stereocenters. The molecule has 0 unspecified atom stereocenters. The van der Waals surface area contributed by atoms with E-state index in [1.54, 1.807) is 6.08 Å². The lowest BCUT2D eigenvalue weighted by atomic mass is 10.2. The molecule has 0 saturated carbocycles. The van der Waals surface area contributed by atoms with E-state index in [1.165, 1.54) is 0 Å². The summed E-state index contributed by atoms with van der Waals surface area (Å²) in [5, 5.41) is -0.0150. The Hall–Kier alpha value is -1.59. The van der Waals surface area contributed by atoms with E-state index in [9.17, 15) is 4.79 Å². The molecule has 0 spiro atoms. The summed E-state index contributed by atoms with van der Waals surface area (Å²) >= 11 is 0. The molecule has 0 heterocycles. The van der Waals surface area contributed by atoms with Crippen molar-refractivity contribution in [3.05, 3.63) is 36.4 Å². The number of benzene rings is 1. The van der Waals surface area contributed by atoms with E-state index >= 15 is 0 Å². The lowest BCUT2D eigenvalue weighted by Gasteiger charge is -2.39. The zero-order valence-electron chi connectivity index (χ0n) is 17.5. The Morgan fingerprint density at radius 2 is 1.65 bits per heavy atom. The Morgan fingerprint density at radius 1 is 1.12 bits per heavy atom. The van der Waals surface area contributed by atoms with Crippen LogP contribution in [-0.4, -0.2) is 32.6 Å². The second kappa shape index (κ2) is 8.40.